The maximum atomic E-state index is 15.1. The highest BCUT2D eigenvalue weighted by Gasteiger charge is 2.32. The van der Waals surface area contributed by atoms with Crippen LogP contribution < -0.4 is 5.32 Å². The molecule has 6 rings (SSSR count). The number of benzene rings is 3. The Labute approximate surface area is 209 Å². The first-order valence-corrected chi connectivity index (χ1v) is 12.6. The van der Waals surface area contributed by atoms with Gasteiger partial charge in [-0.1, -0.05) is 47.6 Å². The molecule has 0 bridgehead atoms. The van der Waals surface area contributed by atoms with Crippen molar-refractivity contribution in [1.82, 2.24) is 15.5 Å². The van der Waals surface area contributed by atoms with E-state index in [1.807, 2.05) is 43.3 Å². The van der Waals surface area contributed by atoms with Gasteiger partial charge in [-0.15, -0.1) is 0 Å². The zero-order valence-corrected chi connectivity index (χ0v) is 20.2. The molecule has 1 heterocycles. The molecule has 2 aliphatic carbocycles. The van der Waals surface area contributed by atoms with Crippen LogP contribution in [0.25, 0.3) is 34.0 Å². The van der Waals surface area contributed by atoms with Crippen LogP contribution in [0.4, 0.5) is 4.39 Å². The maximum Gasteiger partial charge on any atom is 0.261 e. The zero-order valence-electron chi connectivity index (χ0n) is 20.2. The molecule has 3 aromatic carbocycles. The summed E-state index contributed by atoms with van der Waals surface area (Å²) in [5, 5.41) is 7.91. The third-order valence-corrected chi connectivity index (χ3v) is 7.57. The number of halogens is 1. The van der Waals surface area contributed by atoms with Crippen LogP contribution in [0.2, 0.25) is 0 Å². The van der Waals surface area contributed by atoms with Gasteiger partial charge in [-0.2, -0.15) is 4.98 Å². The van der Waals surface area contributed by atoms with Gasteiger partial charge in [0.05, 0.1) is 5.56 Å². The van der Waals surface area contributed by atoms with Crippen LogP contribution in [-0.4, -0.2) is 22.5 Å². The molecule has 6 heteroatoms. The lowest BCUT2D eigenvalue weighted by Crippen LogP contribution is -2.44. The molecule has 1 N–H and O–H groups in total. The van der Waals surface area contributed by atoms with Gasteiger partial charge in [0.25, 0.3) is 5.89 Å². The lowest BCUT2D eigenvalue weighted by atomic mass is 9.79. The van der Waals surface area contributed by atoms with E-state index < -0.39 is 0 Å². The SMILES string of the molecule is Cc1cc(-c2nc(-c3ccc4c(c3)CCCC4NC3CC(C=O)C3)no2)c(F)cc1-c1ccccc1. The molecule has 2 aliphatic rings. The van der Waals surface area contributed by atoms with Gasteiger partial charge in [-0.3, -0.25) is 0 Å². The number of nitrogens with one attached hydrogen (secondary N) is 1. The summed E-state index contributed by atoms with van der Waals surface area (Å²) in [5.74, 6) is 0.461. The fourth-order valence-electron chi connectivity index (χ4n) is 5.54. The third-order valence-electron chi connectivity index (χ3n) is 7.57. The predicted molar refractivity (Wildman–Crippen MR) is 137 cm³/mol. The van der Waals surface area contributed by atoms with Crippen LogP contribution in [0.15, 0.2) is 65.2 Å². The number of carbonyl (C=O) groups excluding carboxylic acids is 1. The lowest BCUT2D eigenvalue weighted by molar-refractivity contribution is -0.113. The number of aldehydes is 1. The summed E-state index contributed by atoms with van der Waals surface area (Å²) in [6.45, 7) is 1.96. The molecule has 5 nitrogen and oxygen atoms in total. The molecule has 0 saturated heterocycles. The topological polar surface area (TPSA) is 68.0 Å². The van der Waals surface area contributed by atoms with E-state index in [2.05, 4.69) is 27.6 Å². The number of rotatable bonds is 6. The summed E-state index contributed by atoms with van der Waals surface area (Å²) in [7, 11) is 0. The van der Waals surface area contributed by atoms with Gasteiger partial charge in [0.1, 0.15) is 12.1 Å². The van der Waals surface area contributed by atoms with E-state index in [9.17, 15) is 4.79 Å². The van der Waals surface area contributed by atoms with Crippen LogP contribution in [0.5, 0.6) is 0 Å². The van der Waals surface area contributed by atoms with E-state index in [-0.39, 0.29) is 17.6 Å². The number of fused-ring (bicyclic) bond motifs is 1. The first kappa shape index (κ1) is 22.8. The van der Waals surface area contributed by atoms with Crippen LogP contribution in [0, 0.1) is 18.7 Å². The molecule has 1 aromatic heterocycles. The number of aryl methyl sites for hydroxylation is 2. The summed E-state index contributed by atoms with van der Waals surface area (Å²) < 4.78 is 20.6. The monoisotopic (exact) mass is 481 g/mol. The molecule has 1 fully saturated rings. The molecular weight excluding hydrogens is 453 g/mol. The van der Waals surface area contributed by atoms with Crippen molar-refractivity contribution in [3.8, 4) is 34.0 Å². The minimum Gasteiger partial charge on any atom is -0.334 e. The molecule has 1 saturated carbocycles. The fraction of sp³-hybridized carbons (Fsp3) is 0.300. The van der Waals surface area contributed by atoms with Crippen LogP contribution in [0.3, 0.4) is 0 Å². The Morgan fingerprint density at radius 1 is 1.03 bits per heavy atom. The Morgan fingerprint density at radius 3 is 2.67 bits per heavy atom. The summed E-state index contributed by atoms with van der Waals surface area (Å²) >= 11 is 0. The molecule has 0 aliphatic heterocycles. The minimum atomic E-state index is -0.387. The molecule has 0 spiro atoms. The number of hydrogen-bond donors (Lipinski definition) is 1. The maximum absolute atomic E-state index is 15.1. The first-order chi connectivity index (χ1) is 17.6. The number of aromatic nitrogens is 2. The summed E-state index contributed by atoms with van der Waals surface area (Å²) in [6.07, 6.45) is 6.14. The van der Waals surface area contributed by atoms with E-state index in [0.717, 1.165) is 60.6 Å². The molecule has 0 radical (unpaired) electrons. The molecule has 1 unspecified atom stereocenters. The van der Waals surface area contributed by atoms with Crippen molar-refractivity contribution in [2.75, 3.05) is 0 Å². The van der Waals surface area contributed by atoms with Crippen LogP contribution in [0.1, 0.15) is 48.4 Å². The smallest absolute Gasteiger partial charge is 0.261 e. The first-order valence-electron chi connectivity index (χ1n) is 12.6. The second-order valence-electron chi connectivity index (χ2n) is 10.0. The van der Waals surface area contributed by atoms with Gasteiger partial charge in [-0.25, -0.2) is 4.39 Å². The molecule has 182 valence electrons. The van der Waals surface area contributed by atoms with E-state index in [4.69, 9.17) is 4.52 Å². The van der Waals surface area contributed by atoms with Crippen molar-refractivity contribution >= 4 is 6.29 Å². The van der Waals surface area contributed by atoms with Gasteiger partial charge in [0, 0.05) is 23.6 Å². The molecule has 4 aromatic rings. The highest BCUT2D eigenvalue weighted by atomic mass is 19.1. The van der Waals surface area contributed by atoms with E-state index >= 15 is 4.39 Å². The molecule has 36 heavy (non-hydrogen) atoms. The molecular formula is C30H28FN3O2. The second-order valence-corrected chi connectivity index (χ2v) is 10.0. The summed E-state index contributed by atoms with van der Waals surface area (Å²) in [5.41, 5.74) is 6.52. The van der Waals surface area contributed by atoms with Crippen LogP contribution >= 0.6 is 0 Å². The Bertz CT molecular complexity index is 1410. The van der Waals surface area contributed by atoms with Gasteiger partial charge in [0.2, 0.25) is 5.82 Å². The second kappa shape index (κ2) is 9.43. The average Bonchev–Trinajstić information content (AvgIpc) is 3.37. The van der Waals surface area contributed by atoms with Gasteiger partial charge >= 0.3 is 0 Å². The van der Waals surface area contributed by atoms with Crippen molar-refractivity contribution in [2.24, 2.45) is 5.92 Å². The van der Waals surface area contributed by atoms with Gasteiger partial charge in [-0.05, 0) is 85.0 Å². The quantitative estimate of drug-likeness (QED) is 0.320. The lowest BCUT2D eigenvalue weighted by Gasteiger charge is -2.37. The van der Waals surface area contributed by atoms with E-state index in [1.54, 1.807) is 6.07 Å². The fourth-order valence-corrected chi connectivity index (χ4v) is 5.54. The van der Waals surface area contributed by atoms with Crippen molar-refractivity contribution in [1.29, 1.82) is 0 Å². The van der Waals surface area contributed by atoms with Gasteiger partial charge < -0.3 is 14.6 Å². The van der Waals surface area contributed by atoms with E-state index in [1.165, 1.54) is 17.2 Å². The zero-order chi connectivity index (χ0) is 24.6. The van der Waals surface area contributed by atoms with Crippen LogP contribution in [-0.2, 0) is 11.2 Å². The summed E-state index contributed by atoms with van der Waals surface area (Å²) in [6, 6.07) is 20.1. The largest absolute Gasteiger partial charge is 0.334 e. The number of nitrogens with zero attached hydrogens (tertiary/aromatic N) is 2. The third kappa shape index (κ3) is 4.26. The Morgan fingerprint density at radius 2 is 1.86 bits per heavy atom. The average molecular weight is 482 g/mol. The normalized spacial score (nSPS) is 21.0. The van der Waals surface area contributed by atoms with E-state index in [0.29, 0.717) is 23.5 Å². The van der Waals surface area contributed by atoms with Crippen molar-refractivity contribution < 1.29 is 13.7 Å². The summed E-state index contributed by atoms with van der Waals surface area (Å²) in [4.78, 5) is 15.5. The Kier molecular flexibility index (Phi) is 5.97. The van der Waals surface area contributed by atoms with Gasteiger partial charge in [0.15, 0.2) is 0 Å². The predicted octanol–water partition coefficient (Wildman–Crippen LogP) is 6.46. The highest BCUT2D eigenvalue weighted by Crippen LogP contribution is 2.36. The highest BCUT2D eigenvalue weighted by molar-refractivity contribution is 5.72. The Hall–Kier alpha value is -3.64. The molecule has 0 amide bonds. The standard InChI is InChI=1S/C30H28FN3O2/c1-18-12-26(27(31)16-25(18)20-6-3-2-4-7-20)30-33-29(34-36-30)22-10-11-24-21(15-22)8-5-9-28(24)32-23-13-19(14-23)17-35/h2-4,6-7,10-12,15-17,19,23,28,32H,5,8-9,13-14H2,1H3. The Balaban J connectivity index is 1.24. The minimum absolute atomic E-state index is 0.178. The van der Waals surface area contributed by atoms with Crippen molar-refractivity contribution in [3.05, 3.63) is 83.2 Å². The number of carbonyl (C=O) groups is 1. The number of hydrogen-bond acceptors (Lipinski definition) is 5. The molecule has 1 atom stereocenters. The van der Waals surface area contributed by atoms with Crippen molar-refractivity contribution in [2.45, 2.75) is 51.1 Å². The van der Waals surface area contributed by atoms with Crippen molar-refractivity contribution in [3.63, 3.8) is 0 Å².